The highest BCUT2D eigenvalue weighted by Crippen LogP contribution is 2.67. The summed E-state index contributed by atoms with van der Waals surface area (Å²) in [4.78, 5) is 25.8. The van der Waals surface area contributed by atoms with Gasteiger partial charge in [-0.3, -0.25) is 4.79 Å². The van der Waals surface area contributed by atoms with Gasteiger partial charge in [0.05, 0.1) is 24.8 Å². The molecule has 1 aromatic carbocycles. The van der Waals surface area contributed by atoms with Crippen LogP contribution >= 0.6 is 0 Å². The molecule has 4 aliphatic rings. The van der Waals surface area contributed by atoms with Crippen LogP contribution < -0.4 is 4.74 Å². The lowest BCUT2D eigenvalue weighted by Gasteiger charge is -2.64. The SMILES string of the molecule is C[C@@H]1CC[C@@H]2C(C)(C)[C@H](O)CC[C@]2(C)[C@]12Cc1c(O)cc3c(c1O2)CN([C@@H](CO)C(=O)O)C3=O. The number of carbonyl (C=O) groups is 2. The molecule has 0 aromatic heterocycles. The summed E-state index contributed by atoms with van der Waals surface area (Å²) in [5, 5.41) is 40.9. The number of rotatable bonds is 3. The predicted octanol–water partition coefficient (Wildman–Crippen LogP) is 2.70. The fraction of sp³-hybridized carbons (Fsp3) is 0.692. The van der Waals surface area contributed by atoms with Gasteiger partial charge in [-0.05, 0) is 49.0 Å². The molecule has 2 heterocycles. The number of nitrogens with zero attached hydrogens (tertiary/aromatic N) is 1. The minimum absolute atomic E-state index is 0.00951. The first-order valence-electron chi connectivity index (χ1n) is 12.3. The van der Waals surface area contributed by atoms with Crippen LogP contribution in [-0.2, 0) is 17.8 Å². The molecule has 2 aliphatic heterocycles. The molecule has 0 radical (unpaired) electrons. The molecule has 4 N–H and O–H groups in total. The number of aliphatic hydroxyl groups is 2. The van der Waals surface area contributed by atoms with Gasteiger partial charge in [-0.1, -0.05) is 27.7 Å². The van der Waals surface area contributed by atoms with Gasteiger partial charge in [0.1, 0.15) is 17.1 Å². The number of aliphatic hydroxyl groups excluding tert-OH is 2. The van der Waals surface area contributed by atoms with Crippen molar-refractivity contribution in [3.8, 4) is 11.5 Å². The van der Waals surface area contributed by atoms with E-state index >= 15 is 0 Å². The summed E-state index contributed by atoms with van der Waals surface area (Å²) in [6.07, 6.45) is 3.55. The molecular formula is C26H35NO7. The van der Waals surface area contributed by atoms with Crippen LogP contribution in [0.3, 0.4) is 0 Å². The number of carbonyl (C=O) groups excluding carboxylic acids is 1. The Morgan fingerprint density at radius 1 is 1.24 bits per heavy atom. The number of hydrogen-bond acceptors (Lipinski definition) is 6. The normalized spacial score (nSPS) is 36.6. The van der Waals surface area contributed by atoms with Crippen LogP contribution in [-0.4, -0.2) is 61.6 Å². The second kappa shape index (κ2) is 7.34. The second-order valence-corrected chi connectivity index (χ2v) is 11.7. The topological polar surface area (TPSA) is 128 Å². The molecule has 0 saturated heterocycles. The fourth-order valence-electron chi connectivity index (χ4n) is 7.85. The van der Waals surface area contributed by atoms with Crippen LogP contribution in [0.2, 0.25) is 0 Å². The minimum Gasteiger partial charge on any atom is -0.508 e. The molecule has 6 atom stereocenters. The van der Waals surface area contributed by atoms with Crippen LogP contribution in [0, 0.1) is 22.7 Å². The van der Waals surface area contributed by atoms with Gasteiger partial charge < -0.3 is 30.1 Å². The Hall–Kier alpha value is -2.32. The van der Waals surface area contributed by atoms with Gasteiger partial charge in [0, 0.05) is 23.0 Å². The van der Waals surface area contributed by atoms with Crippen molar-refractivity contribution >= 4 is 11.9 Å². The van der Waals surface area contributed by atoms with Gasteiger partial charge in [0.15, 0.2) is 6.04 Å². The van der Waals surface area contributed by atoms with E-state index in [1.165, 1.54) is 6.07 Å². The van der Waals surface area contributed by atoms with Gasteiger partial charge in [0.2, 0.25) is 0 Å². The summed E-state index contributed by atoms with van der Waals surface area (Å²) in [7, 11) is 0. The third kappa shape index (κ3) is 2.78. The van der Waals surface area contributed by atoms with Crippen molar-refractivity contribution < 1.29 is 34.8 Å². The Balaban J connectivity index is 1.59. The molecule has 1 spiro atoms. The van der Waals surface area contributed by atoms with Crippen molar-refractivity contribution in [3.63, 3.8) is 0 Å². The number of carboxylic acid groups (broad SMARTS) is 1. The Morgan fingerprint density at radius 3 is 2.59 bits per heavy atom. The summed E-state index contributed by atoms with van der Waals surface area (Å²) in [6.45, 7) is 8.04. The van der Waals surface area contributed by atoms with Gasteiger partial charge in [0.25, 0.3) is 5.91 Å². The Labute approximate surface area is 199 Å². The Bertz CT molecular complexity index is 1070. The van der Waals surface area contributed by atoms with Crippen molar-refractivity contribution in [1.82, 2.24) is 4.90 Å². The zero-order valence-corrected chi connectivity index (χ0v) is 20.3. The number of benzene rings is 1. The van der Waals surface area contributed by atoms with E-state index in [0.29, 0.717) is 29.7 Å². The first-order valence-corrected chi connectivity index (χ1v) is 12.3. The number of carboxylic acids is 1. The highest BCUT2D eigenvalue weighted by Gasteiger charge is 2.67. The standard InChI is InChI=1S/C26H35NO7/c1-13-5-6-19-24(2,3)20(30)7-8-25(19,4)26(13)10-15-18(29)9-14-16(21(15)34-26)11-27(22(14)31)17(12-28)23(32)33/h9,13,17,19-20,28-30H,5-8,10-12H2,1-4H3,(H,32,33)/t13-,17+,19-,20-,25+,26+/m1/s1. The van der Waals surface area contributed by atoms with E-state index in [1.807, 2.05) is 0 Å². The molecule has 34 heavy (non-hydrogen) atoms. The molecule has 0 unspecified atom stereocenters. The number of aromatic hydroxyl groups is 1. The number of ether oxygens (including phenoxy) is 1. The number of fused-ring (bicyclic) bond motifs is 5. The monoisotopic (exact) mass is 473 g/mol. The summed E-state index contributed by atoms with van der Waals surface area (Å²) in [5.41, 5.74) is 0.372. The van der Waals surface area contributed by atoms with Gasteiger partial charge in [-0.25, -0.2) is 4.79 Å². The van der Waals surface area contributed by atoms with Gasteiger partial charge in [-0.15, -0.1) is 0 Å². The zero-order chi connectivity index (χ0) is 24.8. The molecule has 186 valence electrons. The van der Waals surface area contributed by atoms with E-state index in [-0.39, 0.29) is 46.6 Å². The molecule has 8 heteroatoms. The van der Waals surface area contributed by atoms with Gasteiger partial charge in [-0.2, -0.15) is 0 Å². The first kappa shape index (κ1) is 23.4. The number of hydrogen-bond donors (Lipinski definition) is 4. The third-order valence-corrected chi connectivity index (χ3v) is 9.96. The largest absolute Gasteiger partial charge is 0.508 e. The van der Waals surface area contributed by atoms with Crippen LogP contribution in [0.15, 0.2) is 6.07 Å². The van der Waals surface area contributed by atoms with E-state index in [1.54, 1.807) is 0 Å². The minimum atomic E-state index is -1.36. The number of amides is 1. The first-order chi connectivity index (χ1) is 15.9. The lowest BCUT2D eigenvalue weighted by molar-refractivity contribution is -0.210. The summed E-state index contributed by atoms with van der Waals surface area (Å²) in [6, 6.07) is 0.0704. The Kier molecular flexibility index (Phi) is 5.06. The van der Waals surface area contributed by atoms with E-state index in [2.05, 4.69) is 27.7 Å². The molecule has 1 amide bonds. The van der Waals surface area contributed by atoms with Crippen LogP contribution in [0.1, 0.15) is 74.9 Å². The molecular weight excluding hydrogens is 438 g/mol. The highest BCUT2D eigenvalue weighted by atomic mass is 16.5. The predicted molar refractivity (Wildman–Crippen MR) is 123 cm³/mol. The van der Waals surface area contributed by atoms with E-state index in [4.69, 9.17) is 4.74 Å². The van der Waals surface area contributed by atoms with Crippen molar-refractivity contribution in [1.29, 1.82) is 0 Å². The average Bonchev–Trinajstić information content (AvgIpc) is 3.32. The molecule has 2 fully saturated rings. The number of phenolic OH excluding ortho intramolecular Hbond substituents is 1. The average molecular weight is 474 g/mol. The van der Waals surface area contributed by atoms with Crippen molar-refractivity contribution in [2.75, 3.05) is 6.61 Å². The molecule has 1 aromatic rings. The number of phenols is 1. The maximum absolute atomic E-state index is 13.1. The van der Waals surface area contributed by atoms with Crippen LogP contribution in [0.5, 0.6) is 11.5 Å². The molecule has 8 nitrogen and oxygen atoms in total. The summed E-state index contributed by atoms with van der Waals surface area (Å²) >= 11 is 0. The third-order valence-electron chi connectivity index (χ3n) is 9.96. The molecule has 5 rings (SSSR count). The highest BCUT2D eigenvalue weighted by molar-refractivity contribution is 6.02. The molecule has 2 aliphatic carbocycles. The van der Waals surface area contributed by atoms with E-state index in [0.717, 1.165) is 24.2 Å². The number of aliphatic carboxylic acids is 1. The molecule has 2 saturated carbocycles. The second-order valence-electron chi connectivity index (χ2n) is 11.7. The van der Waals surface area contributed by atoms with Crippen molar-refractivity contribution in [2.24, 2.45) is 22.7 Å². The van der Waals surface area contributed by atoms with Crippen molar-refractivity contribution in [2.45, 2.75) is 84.1 Å². The fourth-order valence-corrected chi connectivity index (χ4v) is 7.85. The van der Waals surface area contributed by atoms with Crippen molar-refractivity contribution in [3.05, 3.63) is 22.8 Å². The van der Waals surface area contributed by atoms with E-state index in [9.17, 15) is 30.0 Å². The lowest BCUT2D eigenvalue weighted by Crippen LogP contribution is -2.66. The smallest absolute Gasteiger partial charge is 0.328 e. The quantitative estimate of drug-likeness (QED) is 0.531. The Morgan fingerprint density at radius 2 is 1.94 bits per heavy atom. The van der Waals surface area contributed by atoms with E-state index < -0.39 is 30.1 Å². The maximum Gasteiger partial charge on any atom is 0.328 e. The lowest BCUT2D eigenvalue weighted by atomic mass is 9.43. The molecule has 0 bridgehead atoms. The maximum atomic E-state index is 13.1. The van der Waals surface area contributed by atoms with Gasteiger partial charge >= 0.3 is 5.97 Å². The summed E-state index contributed by atoms with van der Waals surface area (Å²) in [5.74, 6) is -0.897. The van der Waals surface area contributed by atoms with Crippen LogP contribution in [0.4, 0.5) is 0 Å². The zero-order valence-electron chi connectivity index (χ0n) is 20.3. The van der Waals surface area contributed by atoms with Crippen LogP contribution in [0.25, 0.3) is 0 Å². The summed E-state index contributed by atoms with van der Waals surface area (Å²) < 4.78 is 6.91.